The Kier molecular flexibility index (Phi) is 5.72. The van der Waals surface area contributed by atoms with Crippen LogP contribution in [-0.2, 0) is 4.79 Å². The summed E-state index contributed by atoms with van der Waals surface area (Å²) in [7, 11) is 0. The SMILES string of the molecule is CCC(CCC(C)O)CC(N)=O. The molecule has 3 nitrogen and oxygen atoms in total. The third-order valence-electron chi connectivity index (χ3n) is 2.06. The Hall–Kier alpha value is -0.570. The predicted molar refractivity (Wildman–Crippen MR) is 48.5 cm³/mol. The minimum atomic E-state index is -0.271. The van der Waals surface area contributed by atoms with Crippen molar-refractivity contribution >= 4 is 5.91 Å². The molecule has 0 aromatic rings. The molecule has 0 fully saturated rings. The number of amides is 1. The van der Waals surface area contributed by atoms with E-state index in [-0.39, 0.29) is 12.0 Å². The summed E-state index contributed by atoms with van der Waals surface area (Å²) in [6, 6.07) is 0. The van der Waals surface area contributed by atoms with E-state index in [0.717, 1.165) is 19.3 Å². The number of aliphatic hydroxyl groups is 1. The van der Waals surface area contributed by atoms with E-state index in [0.29, 0.717) is 12.3 Å². The van der Waals surface area contributed by atoms with Gasteiger partial charge in [-0.25, -0.2) is 0 Å². The second-order valence-corrected chi connectivity index (χ2v) is 3.37. The van der Waals surface area contributed by atoms with Gasteiger partial charge in [0.25, 0.3) is 0 Å². The molecule has 72 valence electrons. The molecule has 2 unspecified atom stereocenters. The molecule has 0 aromatic carbocycles. The molecule has 3 heteroatoms. The Labute approximate surface area is 74.0 Å². The van der Waals surface area contributed by atoms with Crippen molar-refractivity contribution in [3.05, 3.63) is 0 Å². The van der Waals surface area contributed by atoms with Gasteiger partial charge in [-0.3, -0.25) is 4.79 Å². The summed E-state index contributed by atoms with van der Waals surface area (Å²) in [5.74, 6) is 0.101. The summed E-state index contributed by atoms with van der Waals surface area (Å²) in [5, 5.41) is 9.01. The monoisotopic (exact) mass is 173 g/mol. The minimum Gasteiger partial charge on any atom is -0.393 e. The molecule has 12 heavy (non-hydrogen) atoms. The van der Waals surface area contributed by atoms with Crippen molar-refractivity contribution in [1.82, 2.24) is 0 Å². The van der Waals surface area contributed by atoms with Crippen molar-refractivity contribution in [2.24, 2.45) is 11.7 Å². The molecule has 0 rings (SSSR count). The largest absolute Gasteiger partial charge is 0.393 e. The van der Waals surface area contributed by atoms with Crippen molar-refractivity contribution < 1.29 is 9.90 Å². The second-order valence-electron chi connectivity index (χ2n) is 3.37. The lowest BCUT2D eigenvalue weighted by atomic mass is 9.95. The fraction of sp³-hybridized carbons (Fsp3) is 0.889. The molecular formula is C9H19NO2. The summed E-state index contributed by atoms with van der Waals surface area (Å²) in [5.41, 5.74) is 5.07. The lowest BCUT2D eigenvalue weighted by molar-refractivity contribution is -0.119. The Morgan fingerprint density at radius 3 is 2.42 bits per heavy atom. The molecule has 0 heterocycles. The van der Waals surface area contributed by atoms with E-state index in [9.17, 15) is 4.79 Å². The maximum atomic E-state index is 10.6. The Morgan fingerprint density at radius 1 is 1.50 bits per heavy atom. The first kappa shape index (κ1) is 11.4. The molecule has 2 atom stereocenters. The Morgan fingerprint density at radius 2 is 2.08 bits per heavy atom. The van der Waals surface area contributed by atoms with Gasteiger partial charge in [-0.05, 0) is 25.7 Å². The molecule has 0 saturated carbocycles. The van der Waals surface area contributed by atoms with Gasteiger partial charge < -0.3 is 10.8 Å². The number of hydrogen-bond donors (Lipinski definition) is 2. The fourth-order valence-corrected chi connectivity index (χ4v) is 1.21. The van der Waals surface area contributed by atoms with Gasteiger partial charge in [0.2, 0.25) is 5.91 Å². The van der Waals surface area contributed by atoms with E-state index >= 15 is 0 Å². The van der Waals surface area contributed by atoms with E-state index in [1.165, 1.54) is 0 Å². The van der Waals surface area contributed by atoms with Gasteiger partial charge in [-0.2, -0.15) is 0 Å². The van der Waals surface area contributed by atoms with E-state index in [2.05, 4.69) is 0 Å². The first-order valence-electron chi connectivity index (χ1n) is 4.52. The average molecular weight is 173 g/mol. The quantitative estimate of drug-likeness (QED) is 0.630. The zero-order valence-corrected chi connectivity index (χ0v) is 7.92. The van der Waals surface area contributed by atoms with E-state index in [1.807, 2.05) is 6.92 Å². The molecule has 0 aliphatic heterocycles. The highest BCUT2D eigenvalue weighted by molar-refractivity contribution is 5.73. The first-order valence-corrected chi connectivity index (χ1v) is 4.52. The molecule has 3 N–H and O–H groups in total. The van der Waals surface area contributed by atoms with Gasteiger partial charge in [0, 0.05) is 6.42 Å². The lowest BCUT2D eigenvalue weighted by Gasteiger charge is -2.13. The van der Waals surface area contributed by atoms with Crippen LogP contribution in [0.4, 0.5) is 0 Å². The zero-order valence-electron chi connectivity index (χ0n) is 7.92. The van der Waals surface area contributed by atoms with Gasteiger partial charge in [-0.15, -0.1) is 0 Å². The van der Waals surface area contributed by atoms with Crippen LogP contribution in [0.5, 0.6) is 0 Å². The molecular weight excluding hydrogens is 154 g/mol. The highest BCUT2D eigenvalue weighted by Gasteiger charge is 2.10. The van der Waals surface area contributed by atoms with E-state index in [4.69, 9.17) is 10.8 Å². The molecule has 0 bridgehead atoms. The predicted octanol–water partition coefficient (Wildman–Crippen LogP) is 1.05. The number of carbonyl (C=O) groups excluding carboxylic acids is 1. The molecule has 1 amide bonds. The van der Waals surface area contributed by atoms with Crippen LogP contribution in [0, 0.1) is 5.92 Å². The minimum absolute atomic E-state index is 0.243. The molecule has 0 aliphatic rings. The topological polar surface area (TPSA) is 63.3 Å². The van der Waals surface area contributed by atoms with E-state index in [1.54, 1.807) is 6.92 Å². The van der Waals surface area contributed by atoms with Crippen molar-refractivity contribution in [3.63, 3.8) is 0 Å². The first-order chi connectivity index (χ1) is 5.56. The van der Waals surface area contributed by atoms with Gasteiger partial charge in [0.1, 0.15) is 0 Å². The van der Waals surface area contributed by atoms with Crippen LogP contribution < -0.4 is 5.73 Å². The Balaban J connectivity index is 3.60. The van der Waals surface area contributed by atoms with Crippen LogP contribution in [0.2, 0.25) is 0 Å². The number of primary amides is 1. The maximum absolute atomic E-state index is 10.6. The van der Waals surface area contributed by atoms with Gasteiger partial charge >= 0.3 is 0 Å². The summed E-state index contributed by atoms with van der Waals surface area (Å²) < 4.78 is 0. The molecule has 0 aromatic heterocycles. The third kappa shape index (κ3) is 6.16. The number of nitrogens with two attached hydrogens (primary N) is 1. The summed E-state index contributed by atoms with van der Waals surface area (Å²) in [6.45, 7) is 3.80. The lowest BCUT2D eigenvalue weighted by Crippen LogP contribution is -2.17. The zero-order chi connectivity index (χ0) is 9.56. The van der Waals surface area contributed by atoms with Crippen LogP contribution in [-0.4, -0.2) is 17.1 Å². The summed E-state index contributed by atoms with van der Waals surface area (Å²) >= 11 is 0. The summed E-state index contributed by atoms with van der Waals surface area (Å²) in [6.07, 6.45) is 2.77. The van der Waals surface area contributed by atoms with Crippen LogP contribution in [0.25, 0.3) is 0 Å². The standard InChI is InChI=1S/C9H19NO2/c1-3-8(6-9(10)12)5-4-7(2)11/h7-8,11H,3-6H2,1-2H3,(H2,10,12). The number of aliphatic hydroxyl groups excluding tert-OH is 1. The van der Waals surface area contributed by atoms with Crippen molar-refractivity contribution in [2.45, 2.75) is 45.6 Å². The normalized spacial score (nSPS) is 15.6. The van der Waals surface area contributed by atoms with Crippen molar-refractivity contribution in [2.75, 3.05) is 0 Å². The van der Waals surface area contributed by atoms with Crippen molar-refractivity contribution in [3.8, 4) is 0 Å². The highest BCUT2D eigenvalue weighted by atomic mass is 16.3. The smallest absolute Gasteiger partial charge is 0.217 e. The highest BCUT2D eigenvalue weighted by Crippen LogP contribution is 2.15. The number of carbonyl (C=O) groups is 1. The molecule has 0 radical (unpaired) electrons. The van der Waals surface area contributed by atoms with Gasteiger partial charge in [-0.1, -0.05) is 13.3 Å². The van der Waals surface area contributed by atoms with E-state index < -0.39 is 0 Å². The fourth-order valence-electron chi connectivity index (χ4n) is 1.21. The summed E-state index contributed by atoms with van der Waals surface area (Å²) in [4.78, 5) is 10.6. The molecule has 0 spiro atoms. The second kappa shape index (κ2) is 6.00. The molecule has 0 aliphatic carbocycles. The average Bonchev–Trinajstić information content (AvgIpc) is 1.97. The van der Waals surface area contributed by atoms with Gasteiger partial charge in [0.15, 0.2) is 0 Å². The van der Waals surface area contributed by atoms with Gasteiger partial charge in [0.05, 0.1) is 6.10 Å². The Bertz CT molecular complexity index is 134. The number of rotatable bonds is 6. The van der Waals surface area contributed by atoms with Crippen LogP contribution in [0.15, 0.2) is 0 Å². The van der Waals surface area contributed by atoms with Crippen LogP contribution in [0.3, 0.4) is 0 Å². The molecule has 0 saturated heterocycles. The van der Waals surface area contributed by atoms with Crippen LogP contribution >= 0.6 is 0 Å². The van der Waals surface area contributed by atoms with Crippen LogP contribution in [0.1, 0.15) is 39.5 Å². The van der Waals surface area contributed by atoms with Crippen molar-refractivity contribution in [1.29, 1.82) is 0 Å². The third-order valence-corrected chi connectivity index (χ3v) is 2.06. The number of hydrogen-bond acceptors (Lipinski definition) is 2. The maximum Gasteiger partial charge on any atom is 0.217 e.